The Kier molecular flexibility index (Phi) is 13.3. The van der Waals surface area contributed by atoms with Gasteiger partial charge in [-0.25, -0.2) is 9.97 Å². The molecule has 0 aliphatic carbocycles. The number of nitrogens with one attached hydrogen (secondary N) is 3. The average molecular weight is 749 g/mol. The second-order valence-electron chi connectivity index (χ2n) is 13.5. The van der Waals surface area contributed by atoms with E-state index in [1.165, 1.54) is 24.8 Å². The highest BCUT2D eigenvalue weighted by Gasteiger charge is 2.26. The first-order valence-electron chi connectivity index (χ1n) is 18.3. The van der Waals surface area contributed by atoms with Crippen molar-refractivity contribution < 1.29 is 22.7 Å². The number of carbonyl (C=O) groups excluding carboxylic acids is 1. The number of carbonyl (C=O) groups is 1. The fraction of sp³-hybridized carbons (Fsp3) is 0.436. The number of benzene rings is 2. The van der Waals surface area contributed by atoms with E-state index in [1.54, 1.807) is 17.5 Å². The number of aromatic nitrogens is 4. The average Bonchev–Trinajstić information content (AvgIpc) is 3.78. The molecule has 14 heteroatoms. The lowest BCUT2D eigenvalue weighted by molar-refractivity contribution is -0.131. The molecule has 1 amide bonds. The van der Waals surface area contributed by atoms with E-state index in [9.17, 15) is 18.0 Å². The quantitative estimate of drug-likeness (QED) is 0.0580. The van der Waals surface area contributed by atoms with Gasteiger partial charge in [-0.05, 0) is 49.1 Å². The molecule has 0 unspecified atom stereocenters. The standard InChI is InChI=1S/C39H47F3N8O2S/c1-28-36(53-27-47-28)31-11-12-32(22-43-26-51)35(21-31)52-20-6-4-2-3-5-15-49-16-18-50(19-17-49)25-29-7-9-30(10-8-29)33-23-45-37-34(33)24-46-38(48-37)44-14-13-39(40,41)42/h7-12,21,23-24,26-27H,2-6,13-20,22,25H2,1H3,(H,43,51)(H2,44,45,46,48). The number of aryl methyl sites for hydroxylation is 1. The van der Waals surface area contributed by atoms with Crippen molar-refractivity contribution in [3.05, 3.63) is 77.2 Å². The molecule has 6 rings (SSSR count). The molecule has 1 aliphatic rings. The lowest BCUT2D eigenvalue weighted by atomic mass is 10.0. The topological polar surface area (TPSA) is 111 Å². The molecular formula is C39H47F3N8O2S. The van der Waals surface area contributed by atoms with Crippen molar-refractivity contribution in [1.29, 1.82) is 0 Å². The summed E-state index contributed by atoms with van der Waals surface area (Å²) in [5.74, 6) is 0.992. The molecule has 3 aromatic heterocycles. The van der Waals surface area contributed by atoms with Gasteiger partial charge in [0.2, 0.25) is 12.4 Å². The van der Waals surface area contributed by atoms with Crippen LogP contribution in [0.5, 0.6) is 5.75 Å². The smallest absolute Gasteiger partial charge is 0.390 e. The van der Waals surface area contributed by atoms with Gasteiger partial charge in [-0.1, -0.05) is 55.7 Å². The molecule has 1 saturated heterocycles. The van der Waals surface area contributed by atoms with Gasteiger partial charge in [-0.3, -0.25) is 9.69 Å². The Morgan fingerprint density at radius 2 is 1.72 bits per heavy atom. The molecule has 10 nitrogen and oxygen atoms in total. The number of aromatic amines is 1. The fourth-order valence-corrected chi connectivity index (χ4v) is 7.43. The summed E-state index contributed by atoms with van der Waals surface area (Å²) in [4.78, 5) is 33.2. The van der Waals surface area contributed by atoms with Crippen LogP contribution in [0.2, 0.25) is 0 Å². The first-order chi connectivity index (χ1) is 25.8. The van der Waals surface area contributed by atoms with Gasteiger partial charge in [0.1, 0.15) is 11.4 Å². The van der Waals surface area contributed by atoms with Crippen LogP contribution in [-0.4, -0.2) is 88.2 Å². The number of rotatable bonds is 19. The number of thiazole rings is 1. The number of amides is 1. The monoisotopic (exact) mass is 748 g/mol. The van der Waals surface area contributed by atoms with Crippen molar-refractivity contribution in [2.24, 2.45) is 0 Å². The maximum Gasteiger partial charge on any atom is 0.390 e. The van der Waals surface area contributed by atoms with Crippen LogP contribution in [0.4, 0.5) is 19.1 Å². The number of anilines is 1. The number of hydrogen-bond acceptors (Lipinski definition) is 9. The molecule has 1 aliphatic heterocycles. The normalized spacial score (nSPS) is 14.1. The molecule has 53 heavy (non-hydrogen) atoms. The number of H-pyrrole nitrogens is 1. The lowest BCUT2D eigenvalue weighted by Crippen LogP contribution is -2.46. The van der Waals surface area contributed by atoms with Crippen molar-refractivity contribution in [3.8, 4) is 27.3 Å². The SMILES string of the molecule is Cc1ncsc1-c1ccc(CNC=O)c(OCCCCCCCN2CCN(Cc3ccc(-c4c[nH]c5nc(NCCC(F)(F)F)ncc45)cc3)CC2)c1. The van der Waals surface area contributed by atoms with Crippen molar-refractivity contribution in [2.75, 3.05) is 51.2 Å². The van der Waals surface area contributed by atoms with Crippen LogP contribution in [-0.2, 0) is 17.9 Å². The second kappa shape index (κ2) is 18.5. The Balaban J connectivity index is 0.860. The zero-order valence-electron chi connectivity index (χ0n) is 30.1. The lowest BCUT2D eigenvalue weighted by Gasteiger charge is -2.34. The summed E-state index contributed by atoms with van der Waals surface area (Å²) < 4.78 is 43.6. The van der Waals surface area contributed by atoms with Crippen LogP contribution in [0.1, 0.15) is 55.3 Å². The molecule has 5 aromatic rings. The number of alkyl halides is 3. The molecule has 0 atom stereocenters. The third kappa shape index (κ3) is 11.0. The molecular weight excluding hydrogens is 702 g/mol. The molecule has 4 heterocycles. The van der Waals surface area contributed by atoms with Crippen LogP contribution in [0, 0.1) is 6.92 Å². The van der Waals surface area contributed by atoms with E-state index in [0.717, 1.165) is 96.1 Å². The van der Waals surface area contributed by atoms with Gasteiger partial charge in [-0.15, -0.1) is 11.3 Å². The fourth-order valence-electron chi connectivity index (χ4n) is 6.62. The van der Waals surface area contributed by atoms with E-state index >= 15 is 0 Å². The number of unbranched alkanes of at least 4 members (excludes halogenated alkanes) is 4. The van der Waals surface area contributed by atoms with Crippen molar-refractivity contribution in [1.82, 2.24) is 35.1 Å². The molecule has 0 spiro atoms. The van der Waals surface area contributed by atoms with E-state index in [2.05, 4.69) is 76.8 Å². The minimum atomic E-state index is -4.22. The highest BCUT2D eigenvalue weighted by atomic mass is 32.1. The maximum atomic E-state index is 12.5. The predicted molar refractivity (Wildman–Crippen MR) is 204 cm³/mol. The van der Waals surface area contributed by atoms with Crippen LogP contribution in [0.3, 0.4) is 0 Å². The van der Waals surface area contributed by atoms with Gasteiger partial charge in [0.05, 0.1) is 29.1 Å². The van der Waals surface area contributed by atoms with Gasteiger partial charge in [0.25, 0.3) is 0 Å². The zero-order valence-corrected chi connectivity index (χ0v) is 30.9. The van der Waals surface area contributed by atoms with E-state index < -0.39 is 12.6 Å². The van der Waals surface area contributed by atoms with E-state index in [-0.39, 0.29) is 12.5 Å². The highest BCUT2D eigenvalue weighted by molar-refractivity contribution is 7.13. The molecule has 2 aromatic carbocycles. The summed E-state index contributed by atoms with van der Waals surface area (Å²) in [6, 6.07) is 14.7. The van der Waals surface area contributed by atoms with Crippen molar-refractivity contribution in [3.63, 3.8) is 0 Å². The van der Waals surface area contributed by atoms with Crippen LogP contribution in [0.15, 0.2) is 60.4 Å². The molecule has 0 saturated carbocycles. The number of nitrogens with zero attached hydrogens (tertiary/aromatic N) is 5. The molecule has 0 bridgehead atoms. The van der Waals surface area contributed by atoms with Gasteiger partial charge in [-0.2, -0.15) is 18.2 Å². The third-order valence-corrected chi connectivity index (χ3v) is 10.6. The Labute approximate surface area is 312 Å². The van der Waals surface area contributed by atoms with E-state index in [1.807, 2.05) is 24.7 Å². The van der Waals surface area contributed by atoms with E-state index in [0.29, 0.717) is 25.2 Å². The zero-order chi connectivity index (χ0) is 37.0. The minimum Gasteiger partial charge on any atom is -0.493 e. The summed E-state index contributed by atoms with van der Waals surface area (Å²) in [6.07, 6.45) is 4.79. The largest absolute Gasteiger partial charge is 0.493 e. The molecule has 282 valence electrons. The maximum absolute atomic E-state index is 12.5. The summed E-state index contributed by atoms with van der Waals surface area (Å²) >= 11 is 1.62. The number of halogens is 3. The Morgan fingerprint density at radius 3 is 2.47 bits per heavy atom. The van der Waals surface area contributed by atoms with Crippen molar-refractivity contribution in [2.45, 2.75) is 64.7 Å². The van der Waals surface area contributed by atoms with Crippen LogP contribution >= 0.6 is 11.3 Å². The van der Waals surface area contributed by atoms with Crippen LogP contribution in [0.25, 0.3) is 32.6 Å². The van der Waals surface area contributed by atoms with Gasteiger partial charge in [0.15, 0.2) is 0 Å². The first-order valence-corrected chi connectivity index (χ1v) is 19.2. The summed E-state index contributed by atoms with van der Waals surface area (Å²) in [5.41, 5.74) is 8.75. The molecule has 3 N–H and O–H groups in total. The summed E-state index contributed by atoms with van der Waals surface area (Å²) in [6.45, 7) is 9.13. The number of piperazine rings is 1. The number of hydrogen-bond donors (Lipinski definition) is 3. The van der Waals surface area contributed by atoms with Crippen LogP contribution < -0.4 is 15.4 Å². The second-order valence-corrected chi connectivity index (χ2v) is 14.3. The third-order valence-electron chi connectivity index (χ3n) is 9.59. The minimum absolute atomic E-state index is 0.172. The van der Waals surface area contributed by atoms with E-state index in [4.69, 9.17) is 4.74 Å². The number of fused-ring (bicyclic) bond motifs is 1. The highest BCUT2D eigenvalue weighted by Crippen LogP contribution is 2.32. The number of ether oxygens (including phenoxy) is 1. The Morgan fingerprint density at radius 1 is 0.962 bits per heavy atom. The molecule has 1 fully saturated rings. The van der Waals surface area contributed by atoms with Gasteiger partial charge < -0.3 is 25.3 Å². The Hall–Kier alpha value is -4.53. The summed E-state index contributed by atoms with van der Waals surface area (Å²) in [7, 11) is 0. The van der Waals surface area contributed by atoms with Gasteiger partial charge >= 0.3 is 6.18 Å². The van der Waals surface area contributed by atoms with Gasteiger partial charge in [0, 0.05) is 74.7 Å². The molecule has 0 radical (unpaired) electrons. The predicted octanol–water partition coefficient (Wildman–Crippen LogP) is 7.81. The van der Waals surface area contributed by atoms with Crippen molar-refractivity contribution >= 4 is 34.7 Å². The first kappa shape index (κ1) is 38.2. The summed E-state index contributed by atoms with van der Waals surface area (Å²) in [5, 5.41) is 6.22. The Bertz CT molecular complexity index is 1910.